The van der Waals surface area contributed by atoms with Crippen molar-refractivity contribution < 1.29 is 40.5 Å². The molecule has 0 unspecified atom stereocenters. The molecular weight excluding hydrogens is 708 g/mol. The smallest absolute Gasteiger partial charge is 0.406 e. The van der Waals surface area contributed by atoms with Crippen molar-refractivity contribution >= 4 is 38.9 Å². The number of hydrogen-bond acceptors (Lipinski definition) is 8. The van der Waals surface area contributed by atoms with E-state index >= 15 is 0 Å². The Bertz CT molecular complexity index is 1810. The molecule has 0 radical (unpaired) electrons. The predicted octanol–water partition coefficient (Wildman–Crippen LogP) is 6.33. The lowest BCUT2D eigenvalue weighted by atomic mass is 10.0. The third-order valence-corrected chi connectivity index (χ3v) is 10.7. The molecule has 4 aromatic rings. The van der Waals surface area contributed by atoms with Crippen molar-refractivity contribution in [2.75, 3.05) is 50.9 Å². The first-order chi connectivity index (χ1) is 23.4. The number of nitrogens with zero attached hydrogens (tertiary/aromatic N) is 4. The molecule has 2 saturated heterocycles. The highest BCUT2D eigenvalue weighted by Crippen LogP contribution is 2.39. The lowest BCUT2D eigenvalue weighted by molar-refractivity contribution is -0.302. The number of hydrogen-bond donors (Lipinski definition) is 0. The fraction of sp³-hybridized carbons (Fsp3) is 0.364. The van der Waals surface area contributed by atoms with Crippen molar-refractivity contribution in [3.05, 3.63) is 107 Å². The van der Waals surface area contributed by atoms with E-state index in [-0.39, 0.29) is 23.9 Å². The fourth-order valence-electron chi connectivity index (χ4n) is 5.76. The number of halogens is 5. The van der Waals surface area contributed by atoms with Gasteiger partial charge < -0.3 is 28.4 Å². The van der Waals surface area contributed by atoms with Gasteiger partial charge in [0.2, 0.25) is 15.8 Å². The van der Waals surface area contributed by atoms with E-state index in [4.69, 9.17) is 37.4 Å². The Balaban J connectivity index is 0.981. The molecule has 1 aromatic heterocycles. The van der Waals surface area contributed by atoms with Gasteiger partial charge in [-0.1, -0.05) is 47.5 Å². The number of rotatable bonds is 11. The number of imidazole rings is 1. The van der Waals surface area contributed by atoms with Crippen LogP contribution < -0.4 is 9.64 Å². The van der Waals surface area contributed by atoms with Crippen LogP contribution in [0.15, 0.2) is 90.3 Å². The average molecular weight is 742 g/mol. The largest absolute Gasteiger partial charge is 0.573 e. The molecule has 3 heterocycles. The van der Waals surface area contributed by atoms with Gasteiger partial charge in [0.15, 0.2) is 0 Å². The van der Waals surface area contributed by atoms with Crippen LogP contribution >= 0.6 is 23.2 Å². The fourth-order valence-corrected chi connectivity index (χ4v) is 7.77. The predicted molar refractivity (Wildman–Crippen MR) is 176 cm³/mol. The molecule has 16 heteroatoms. The Morgan fingerprint density at radius 2 is 1.69 bits per heavy atom. The Morgan fingerprint density at radius 1 is 0.959 bits per heavy atom. The zero-order chi connectivity index (χ0) is 34.6. The first kappa shape index (κ1) is 35.5. The summed E-state index contributed by atoms with van der Waals surface area (Å²) in [6.07, 6.45) is 0.281. The molecule has 0 N–H and O–H groups in total. The van der Waals surface area contributed by atoms with Crippen molar-refractivity contribution in [3.63, 3.8) is 0 Å². The van der Waals surface area contributed by atoms with Crippen molar-refractivity contribution in [1.29, 1.82) is 0 Å². The van der Waals surface area contributed by atoms with Gasteiger partial charge >= 0.3 is 6.36 Å². The second-order valence-corrected chi connectivity index (χ2v) is 14.5. The SMILES string of the molecule is O=S(=O)(c1cccc(OC(F)(F)F)c1)N1CCN(c2ccc(COCC3COC(Cn4ccnc4)(c4ccc(Cl)cc4Cl)OC3)cc2)CC1. The molecule has 0 amide bonds. The van der Waals surface area contributed by atoms with Gasteiger partial charge in [0.25, 0.3) is 0 Å². The molecule has 2 fully saturated rings. The molecule has 0 aliphatic carbocycles. The zero-order valence-electron chi connectivity index (χ0n) is 26.1. The molecule has 262 valence electrons. The number of anilines is 1. The normalized spacial score (nSPS) is 20.8. The number of benzene rings is 3. The van der Waals surface area contributed by atoms with Crippen LogP contribution in [0.3, 0.4) is 0 Å². The Morgan fingerprint density at radius 3 is 2.35 bits per heavy atom. The van der Waals surface area contributed by atoms with Crippen LogP contribution in [-0.4, -0.2) is 74.6 Å². The van der Waals surface area contributed by atoms with Crippen molar-refractivity contribution in [1.82, 2.24) is 13.9 Å². The quantitative estimate of drug-likeness (QED) is 0.176. The third-order valence-electron chi connectivity index (χ3n) is 8.24. The highest BCUT2D eigenvalue weighted by Gasteiger charge is 2.42. The summed E-state index contributed by atoms with van der Waals surface area (Å²) < 4.78 is 89.8. The summed E-state index contributed by atoms with van der Waals surface area (Å²) in [4.78, 5) is 5.92. The summed E-state index contributed by atoms with van der Waals surface area (Å²) >= 11 is 12.7. The second-order valence-electron chi connectivity index (χ2n) is 11.7. The maximum atomic E-state index is 13.1. The molecule has 0 spiro atoms. The van der Waals surface area contributed by atoms with Crippen molar-refractivity contribution in [2.45, 2.75) is 30.2 Å². The average Bonchev–Trinajstić information content (AvgIpc) is 3.58. The van der Waals surface area contributed by atoms with Crippen molar-refractivity contribution in [3.8, 4) is 5.75 Å². The lowest BCUT2D eigenvalue weighted by Gasteiger charge is -2.41. The van der Waals surface area contributed by atoms with Gasteiger partial charge in [0.05, 0.1) is 49.2 Å². The molecular formula is C33H33Cl2F3N4O6S. The van der Waals surface area contributed by atoms with E-state index in [1.807, 2.05) is 41.1 Å². The summed E-state index contributed by atoms with van der Waals surface area (Å²) in [7, 11) is -4.00. The molecule has 3 aromatic carbocycles. The summed E-state index contributed by atoms with van der Waals surface area (Å²) in [6, 6.07) is 17.5. The number of aromatic nitrogens is 2. The standard InChI is InChI=1S/C33H33Cl2F3N4O6S/c34-26-6-9-30(31(35)16-26)32(22-40-11-10-39-23-40)46-20-25(21-47-32)19-45-18-24-4-7-27(8-5-24)41-12-14-42(15-13-41)49(43,44)29-3-1-2-28(17-29)48-33(36,37)38/h1-11,16-17,23,25H,12-15,18-22H2. The summed E-state index contributed by atoms with van der Waals surface area (Å²) in [5.41, 5.74) is 2.57. The van der Waals surface area contributed by atoms with E-state index in [0.717, 1.165) is 23.4 Å². The van der Waals surface area contributed by atoms with Gasteiger partial charge in [-0.15, -0.1) is 13.2 Å². The maximum absolute atomic E-state index is 13.1. The van der Waals surface area contributed by atoms with Crippen LogP contribution in [0.4, 0.5) is 18.9 Å². The highest BCUT2D eigenvalue weighted by molar-refractivity contribution is 7.89. The van der Waals surface area contributed by atoms with E-state index < -0.39 is 27.9 Å². The van der Waals surface area contributed by atoms with Crippen LogP contribution in [0.5, 0.6) is 5.75 Å². The van der Waals surface area contributed by atoms with Crippen LogP contribution in [0.1, 0.15) is 11.1 Å². The van der Waals surface area contributed by atoms with E-state index in [1.165, 1.54) is 16.4 Å². The van der Waals surface area contributed by atoms with Gasteiger partial charge in [-0.05, 0) is 42.0 Å². The van der Waals surface area contributed by atoms with Gasteiger partial charge in [-0.25, -0.2) is 13.4 Å². The number of ether oxygens (including phenoxy) is 4. The molecule has 10 nitrogen and oxygen atoms in total. The summed E-state index contributed by atoms with van der Waals surface area (Å²) in [5.74, 6) is -1.70. The molecule has 2 aliphatic heterocycles. The minimum Gasteiger partial charge on any atom is -0.406 e. The Hall–Kier alpha value is -3.37. The summed E-state index contributed by atoms with van der Waals surface area (Å²) in [6.45, 7) is 3.11. The van der Waals surface area contributed by atoms with Crippen LogP contribution in [0, 0.1) is 5.92 Å². The topological polar surface area (TPSA) is 95.4 Å². The number of sulfonamides is 1. The zero-order valence-corrected chi connectivity index (χ0v) is 28.4. The van der Waals surface area contributed by atoms with E-state index in [1.54, 1.807) is 24.7 Å². The van der Waals surface area contributed by atoms with Crippen molar-refractivity contribution in [2.24, 2.45) is 5.92 Å². The first-order valence-corrected chi connectivity index (χ1v) is 17.6. The maximum Gasteiger partial charge on any atom is 0.573 e. The Labute approximate surface area is 291 Å². The van der Waals surface area contributed by atoms with Gasteiger partial charge in [-0.2, -0.15) is 4.31 Å². The minimum atomic E-state index is -4.92. The molecule has 49 heavy (non-hydrogen) atoms. The minimum absolute atomic E-state index is 0.00604. The van der Waals surface area contributed by atoms with Crippen LogP contribution in [0.25, 0.3) is 0 Å². The number of alkyl halides is 3. The van der Waals surface area contributed by atoms with Gasteiger partial charge in [0, 0.05) is 66.8 Å². The van der Waals surface area contributed by atoms with E-state index in [2.05, 4.69) is 14.6 Å². The van der Waals surface area contributed by atoms with Gasteiger partial charge in [0.1, 0.15) is 5.75 Å². The lowest BCUT2D eigenvalue weighted by Crippen LogP contribution is -2.48. The highest BCUT2D eigenvalue weighted by atomic mass is 35.5. The molecule has 2 aliphatic rings. The molecule has 0 bridgehead atoms. The first-order valence-electron chi connectivity index (χ1n) is 15.4. The van der Waals surface area contributed by atoms with Gasteiger partial charge in [-0.3, -0.25) is 0 Å². The van der Waals surface area contributed by atoms with E-state index in [9.17, 15) is 21.6 Å². The van der Waals surface area contributed by atoms with Crippen LogP contribution in [-0.2, 0) is 43.2 Å². The second kappa shape index (κ2) is 14.9. The molecule has 0 atom stereocenters. The Kier molecular flexibility index (Phi) is 10.7. The monoisotopic (exact) mass is 740 g/mol. The molecule has 6 rings (SSSR count). The third kappa shape index (κ3) is 8.69. The summed E-state index contributed by atoms with van der Waals surface area (Å²) in [5, 5.41) is 0.961. The van der Waals surface area contributed by atoms with Crippen LogP contribution in [0.2, 0.25) is 10.0 Å². The number of piperazine rings is 1. The molecule has 0 saturated carbocycles. The van der Waals surface area contributed by atoms with E-state index in [0.29, 0.717) is 61.7 Å².